The summed E-state index contributed by atoms with van der Waals surface area (Å²) in [6, 6.07) is 11.3. The van der Waals surface area contributed by atoms with E-state index in [1.807, 2.05) is 6.07 Å². The molecule has 2 aromatic carbocycles. The number of fused-ring (bicyclic) bond motifs is 2. The molecule has 1 aromatic heterocycles. The molecule has 4 rings (SSSR count). The van der Waals surface area contributed by atoms with Crippen LogP contribution in [0.2, 0.25) is 0 Å². The lowest BCUT2D eigenvalue weighted by Gasteiger charge is -2.12. The molecule has 0 saturated heterocycles. The molecule has 9 heteroatoms. The van der Waals surface area contributed by atoms with Crippen LogP contribution in [-0.2, 0) is 30.4 Å². The molecule has 3 aromatic rings. The Morgan fingerprint density at radius 2 is 1.79 bits per heavy atom. The van der Waals surface area contributed by atoms with E-state index in [9.17, 15) is 22.8 Å². The standard InChI is InChI=1S/C20H17F3N4O2/c21-20(22,23)19-24-15-6-1-2-7-16(15)27(19)11-17(28)25-26-18(29)14-9-8-12-4-3-5-13(12)10-14/h1-2,6-10H,3-5,11H2,(H,25,28)(H,26,29). The predicted octanol–water partition coefficient (Wildman–Crippen LogP) is 3.01. The van der Waals surface area contributed by atoms with Crippen LogP contribution in [0.15, 0.2) is 42.5 Å². The lowest BCUT2D eigenvalue weighted by atomic mass is 10.1. The predicted molar refractivity (Wildman–Crippen MR) is 98.8 cm³/mol. The molecule has 0 spiro atoms. The number of benzene rings is 2. The van der Waals surface area contributed by atoms with Gasteiger partial charge in [-0.3, -0.25) is 20.4 Å². The fourth-order valence-corrected chi connectivity index (χ4v) is 3.55. The number of rotatable bonds is 3. The maximum Gasteiger partial charge on any atom is 0.449 e. The van der Waals surface area contributed by atoms with Crippen molar-refractivity contribution >= 4 is 22.8 Å². The smallest absolute Gasteiger partial charge is 0.311 e. The van der Waals surface area contributed by atoms with Crippen LogP contribution in [0.25, 0.3) is 11.0 Å². The number of hydrogen-bond donors (Lipinski definition) is 2. The number of nitrogens with one attached hydrogen (secondary N) is 2. The van der Waals surface area contributed by atoms with E-state index < -0.39 is 30.4 Å². The van der Waals surface area contributed by atoms with Gasteiger partial charge in [0, 0.05) is 5.56 Å². The van der Waals surface area contributed by atoms with Gasteiger partial charge in [-0.05, 0) is 54.7 Å². The van der Waals surface area contributed by atoms with Crippen LogP contribution in [0, 0.1) is 0 Å². The summed E-state index contributed by atoms with van der Waals surface area (Å²) in [5.74, 6) is -2.49. The zero-order chi connectivity index (χ0) is 20.6. The second-order valence-corrected chi connectivity index (χ2v) is 6.85. The van der Waals surface area contributed by atoms with Gasteiger partial charge in [0.05, 0.1) is 11.0 Å². The number of carbonyl (C=O) groups is 2. The van der Waals surface area contributed by atoms with Crippen LogP contribution in [0.1, 0.15) is 33.7 Å². The lowest BCUT2D eigenvalue weighted by molar-refractivity contribution is -0.147. The number of imidazole rings is 1. The minimum absolute atomic E-state index is 0.134. The SMILES string of the molecule is O=C(Cn1c(C(F)(F)F)nc2ccccc21)NNC(=O)c1ccc2c(c1)CCC2. The molecule has 1 aliphatic rings. The van der Waals surface area contributed by atoms with Crippen molar-refractivity contribution in [1.82, 2.24) is 20.4 Å². The summed E-state index contributed by atoms with van der Waals surface area (Å²) in [5, 5.41) is 0. The molecule has 0 unspecified atom stereocenters. The highest BCUT2D eigenvalue weighted by Crippen LogP contribution is 2.31. The van der Waals surface area contributed by atoms with Gasteiger partial charge in [0.25, 0.3) is 11.8 Å². The van der Waals surface area contributed by atoms with Crippen molar-refractivity contribution in [3.63, 3.8) is 0 Å². The topological polar surface area (TPSA) is 76.0 Å². The van der Waals surface area contributed by atoms with E-state index in [4.69, 9.17) is 0 Å². The Morgan fingerprint density at radius 1 is 1.03 bits per heavy atom. The summed E-state index contributed by atoms with van der Waals surface area (Å²) in [7, 11) is 0. The number of carbonyl (C=O) groups excluding carboxylic acids is 2. The number of hydrogen-bond acceptors (Lipinski definition) is 3. The van der Waals surface area contributed by atoms with Crippen LogP contribution >= 0.6 is 0 Å². The van der Waals surface area contributed by atoms with Crippen LogP contribution in [0.3, 0.4) is 0 Å². The van der Waals surface area contributed by atoms with Gasteiger partial charge in [0.15, 0.2) is 0 Å². The number of aromatic nitrogens is 2. The molecule has 1 heterocycles. The third-order valence-electron chi connectivity index (χ3n) is 4.89. The molecule has 29 heavy (non-hydrogen) atoms. The minimum atomic E-state index is -4.72. The first-order chi connectivity index (χ1) is 13.8. The summed E-state index contributed by atoms with van der Waals surface area (Å²) < 4.78 is 40.7. The molecule has 6 nitrogen and oxygen atoms in total. The maximum absolute atomic E-state index is 13.3. The molecule has 0 saturated carbocycles. The van der Waals surface area contributed by atoms with Crippen LogP contribution in [-0.4, -0.2) is 21.4 Å². The number of alkyl halides is 3. The number of amides is 2. The first-order valence-electron chi connectivity index (χ1n) is 9.06. The quantitative estimate of drug-likeness (QED) is 0.662. The minimum Gasteiger partial charge on any atom is -0.311 e. The molecular formula is C20H17F3N4O2. The summed E-state index contributed by atoms with van der Waals surface area (Å²) in [5.41, 5.74) is 7.44. The van der Waals surface area contributed by atoms with E-state index >= 15 is 0 Å². The average molecular weight is 402 g/mol. The molecule has 0 fully saturated rings. The van der Waals surface area contributed by atoms with Crippen molar-refractivity contribution in [3.05, 3.63) is 65.0 Å². The molecule has 150 valence electrons. The molecular weight excluding hydrogens is 385 g/mol. The van der Waals surface area contributed by atoms with Gasteiger partial charge in [-0.25, -0.2) is 4.98 Å². The Kier molecular flexibility index (Phi) is 4.73. The van der Waals surface area contributed by atoms with Gasteiger partial charge < -0.3 is 4.57 Å². The summed E-state index contributed by atoms with van der Waals surface area (Å²) in [6.45, 7) is -0.639. The zero-order valence-electron chi connectivity index (χ0n) is 15.2. The van der Waals surface area contributed by atoms with Gasteiger partial charge in [-0.15, -0.1) is 0 Å². The third kappa shape index (κ3) is 3.80. The third-order valence-corrected chi connectivity index (χ3v) is 4.89. The highest BCUT2D eigenvalue weighted by molar-refractivity contribution is 5.95. The summed E-state index contributed by atoms with van der Waals surface area (Å²) in [4.78, 5) is 28.1. The molecule has 0 radical (unpaired) electrons. The Bertz CT molecular complexity index is 1100. The number of halogens is 3. The van der Waals surface area contributed by atoms with Crippen LogP contribution < -0.4 is 10.9 Å². The molecule has 0 aliphatic heterocycles. The van der Waals surface area contributed by atoms with Crippen molar-refractivity contribution in [2.45, 2.75) is 32.0 Å². The monoisotopic (exact) mass is 402 g/mol. The lowest BCUT2D eigenvalue weighted by Crippen LogP contribution is -2.43. The van der Waals surface area contributed by atoms with E-state index in [1.54, 1.807) is 24.3 Å². The number of para-hydroxylation sites is 2. The average Bonchev–Trinajstić information content (AvgIpc) is 3.30. The van der Waals surface area contributed by atoms with Crippen molar-refractivity contribution in [1.29, 1.82) is 0 Å². The fraction of sp³-hybridized carbons (Fsp3) is 0.250. The van der Waals surface area contributed by atoms with Gasteiger partial charge >= 0.3 is 6.18 Å². The van der Waals surface area contributed by atoms with Gasteiger partial charge in [-0.2, -0.15) is 13.2 Å². The van der Waals surface area contributed by atoms with Gasteiger partial charge in [0.1, 0.15) is 6.54 Å². The van der Waals surface area contributed by atoms with E-state index in [0.717, 1.165) is 29.4 Å². The summed E-state index contributed by atoms with van der Waals surface area (Å²) in [6.07, 6.45) is -1.80. The van der Waals surface area contributed by atoms with Gasteiger partial charge in [-0.1, -0.05) is 18.2 Å². The highest BCUT2D eigenvalue weighted by Gasteiger charge is 2.38. The van der Waals surface area contributed by atoms with E-state index in [1.165, 1.54) is 17.7 Å². The Balaban J connectivity index is 1.47. The van der Waals surface area contributed by atoms with Crippen molar-refractivity contribution in [2.24, 2.45) is 0 Å². The maximum atomic E-state index is 13.3. The number of aryl methyl sites for hydroxylation is 2. The zero-order valence-corrected chi connectivity index (χ0v) is 15.2. The fourth-order valence-electron chi connectivity index (χ4n) is 3.55. The first-order valence-corrected chi connectivity index (χ1v) is 9.06. The largest absolute Gasteiger partial charge is 0.449 e. The molecule has 2 N–H and O–H groups in total. The van der Waals surface area contributed by atoms with Gasteiger partial charge in [0.2, 0.25) is 5.82 Å². The van der Waals surface area contributed by atoms with Crippen LogP contribution in [0.5, 0.6) is 0 Å². The molecule has 0 bridgehead atoms. The van der Waals surface area contributed by atoms with E-state index in [2.05, 4.69) is 15.8 Å². The van der Waals surface area contributed by atoms with Crippen molar-refractivity contribution in [2.75, 3.05) is 0 Å². The number of hydrazine groups is 1. The normalized spacial score (nSPS) is 13.3. The van der Waals surface area contributed by atoms with Crippen LogP contribution in [0.4, 0.5) is 13.2 Å². The second-order valence-electron chi connectivity index (χ2n) is 6.85. The van der Waals surface area contributed by atoms with E-state index in [-0.39, 0.29) is 11.0 Å². The Morgan fingerprint density at radius 3 is 2.59 bits per heavy atom. The molecule has 2 amide bonds. The van der Waals surface area contributed by atoms with Crippen molar-refractivity contribution in [3.8, 4) is 0 Å². The second kappa shape index (κ2) is 7.23. The molecule has 1 aliphatic carbocycles. The Hall–Kier alpha value is -3.36. The summed E-state index contributed by atoms with van der Waals surface area (Å²) >= 11 is 0. The Labute approximate surface area is 163 Å². The highest BCUT2D eigenvalue weighted by atomic mass is 19.4. The first kappa shape index (κ1) is 19.0. The number of nitrogens with zero attached hydrogens (tertiary/aromatic N) is 2. The van der Waals surface area contributed by atoms with E-state index in [0.29, 0.717) is 5.56 Å². The van der Waals surface area contributed by atoms with Crippen molar-refractivity contribution < 1.29 is 22.8 Å². The molecule has 0 atom stereocenters.